The monoisotopic (exact) mass is 576 g/mol. The van der Waals surface area contributed by atoms with E-state index in [0.29, 0.717) is 12.8 Å². The molecule has 0 spiro atoms. The number of phosphoric ester groups is 1. The highest BCUT2D eigenvalue weighted by Crippen LogP contribution is 2.44. The van der Waals surface area contributed by atoms with Crippen LogP contribution in [0.2, 0.25) is 0 Å². The Morgan fingerprint density at radius 1 is 0.949 bits per heavy atom. The number of aromatic nitrogens is 2. The predicted molar refractivity (Wildman–Crippen MR) is 149 cm³/mol. The fourth-order valence-corrected chi connectivity index (χ4v) is 5.81. The second kappa shape index (κ2) is 17.5. The van der Waals surface area contributed by atoms with Crippen LogP contribution in [0.1, 0.15) is 110 Å². The van der Waals surface area contributed by atoms with E-state index in [0.717, 1.165) is 57.8 Å². The summed E-state index contributed by atoms with van der Waals surface area (Å²) in [5, 5.41) is 0. The quantitative estimate of drug-likeness (QED) is 0.147. The molecule has 1 fully saturated rings. The third-order valence-corrected chi connectivity index (χ3v) is 7.74. The average Bonchev–Trinajstić information content (AvgIpc) is 3.22. The summed E-state index contributed by atoms with van der Waals surface area (Å²) in [6.07, 6.45) is 9.37. The van der Waals surface area contributed by atoms with E-state index in [1.165, 1.54) is 36.8 Å². The molecule has 1 aromatic heterocycles. The Bertz CT molecular complexity index is 978. The maximum Gasteiger partial charge on any atom is 0.469 e. The third kappa shape index (κ3) is 11.2. The number of rotatable bonds is 20. The molecule has 6 unspecified atom stereocenters. The van der Waals surface area contributed by atoms with E-state index in [4.69, 9.17) is 18.7 Å². The second-order valence-corrected chi connectivity index (χ2v) is 11.6. The van der Waals surface area contributed by atoms with Gasteiger partial charge in [-0.1, -0.05) is 85.0 Å². The molecule has 0 radical (unpaired) electrons. The van der Waals surface area contributed by atoms with Crippen molar-refractivity contribution in [2.75, 3.05) is 7.11 Å². The van der Waals surface area contributed by atoms with Gasteiger partial charge in [-0.25, -0.2) is 9.36 Å². The number of nitrogens with zero attached hydrogens (tertiary/aromatic N) is 1. The van der Waals surface area contributed by atoms with Gasteiger partial charge in [0.15, 0.2) is 6.23 Å². The Labute approximate surface area is 231 Å². The molecule has 0 saturated carbocycles. The molecule has 12 heteroatoms. The maximum absolute atomic E-state index is 12.7. The maximum atomic E-state index is 12.7. The van der Waals surface area contributed by atoms with E-state index in [-0.39, 0.29) is 6.10 Å². The van der Waals surface area contributed by atoms with Crippen LogP contribution < -0.4 is 11.2 Å². The van der Waals surface area contributed by atoms with Crippen LogP contribution in [0.5, 0.6) is 0 Å². The standard InChI is InChI=1S/C27H49N2O9P/c1-5-8-10-12-14-17-20(16-13-11-9-6-2)36-24-23(21(15-7-3)38-39(32,33)34)37-26(25(24)35-4)29-19-18-22(30)28-27(29)31/h18-21,23-26H,5-17H2,1-4H3,(H,28,30,31)(H2,32,33,34). The van der Waals surface area contributed by atoms with Gasteiger partial charge in [-0.2, -0.15) is 0 Å². The highest BCUT2D eigenvalue weighted by Gasteiger charge is 2.52. The van der Waals surface area contributed by atoms with Crippen molar-refractivity contribution in [3.8, 4) is 0 Å². The summed E-state index contributed by atoms with van der Waals surface area (Å²) in [7, 11) is -3.36. The Morgan fingerprint density at radius 2 is 1.56 bits per heavy atom. The largest absolute Gasteiger partial charge is 0.469 e. The minimum Gasteiger partial charge on any atom is -0.374 e. The van der Waals surface area contributed by atoms with E-state index in [1.807, 2.05) is 6.92 Å². The predicted octanol–water partition coefficient (Wildman–Crippen LogP) is 4.81. The fourth-order valence-electron chi connectivity index (χ4n) is 5.24. The Morgan fingerprint density at radius 3 is 2.10 bits per heavy atom. The number of hydrogen-bond acceptors (Lipinski definition) is 7. The van der Waals surface area contributed by atoms with Gasteiger partial charge in [0.2, 0.25) is 0 Å². The van der Waals surface area contributed by atoms with Crippen molar-refractivity contribution < 1.29 is 33.1 Å². The lowest BCUT2D eigenvalue weighted by molar-refractivity contribution is -0.118. The van der Waals surface area contributed by atoms with E-state index in [1.54, 1.807) is 0 Å². The van der Waals surface area contributed by atoms with Crippen molar-refractivity contribution in [1.29, 1.82) is 0 Å². The number of H-pyrrole nitrogens is 1. The molecule has 0 amide bonds. The van der Waals surface area contributed by atoms with E-state index in [9.17, 15) is 23.9 Å². The number of aromatic amines is 1. The average molecular weight is 577 g/mol. The van der Waals surface area contributed by atoms with Gasteiger partial charge in [-0.05, 0) is 19.3 Å². The Kier molecular flexibility index (Phi) is 15.2. The first-order valence-corrected chi connectivity index (χ1v) is 16.1. The number of nitrogens with one attached hydrogen (secondary N) is 1. The van der Waals surface area contributed by atoms with Crippen molar-refractivity contribution >= 4 is 7.82 Å². The molecule has 226 valence electrons. The van der Waals surface area contributed by atoms with E-state index in [2.05, 4.69) is 18.8 Å². The summed E-state index contributed by atoms with van der Waals surface area (Å²) in [5.41, 5.74) is -1.22. The van der Waals surface area contributed by atoms with Crippen LogP contribution in [-0.2, 0) is 23.3 Å². The lowest BCUT2D eigenvalue weighted by Gasteiger charge is -2.32. The summed E-state index contributed by atoms with van der Waals surface area (Å²) in [4.78, 5) is 45.8. The summed E-state index contributed by atoms with van der Waals surface area (Å²) < 4.78 is 37.1. The second-order valence-electron chi connectivity index (χ2n) is 10.4. The molecular weight excluding hydrogens is 527 g/mol. The zero-order valence-electron chi connectivity index (χ0n) is 24.0. The molecule has 1 aromatic rings. The Balaban J connectivity index is 2.38. The van der Waals surface area contributed by atoms with Crippen LogP contribution in [0.25, 0.3) is 0 Å². The lowest BCUT2D eigenvalue weighted by atomic mass is 9.99. The van der Waals surface area contributed by atoms with Gasteiger partial charge in [0, 0.05) is 19.4 Å². The smallest absolute Gasteiger partial charge is 0.374 e. The minimum atomic E-state index is -4.85. The van der Waals surface area contributed by atoms with Crippen molar-refractivity contribution in [2.24, 2.45) is 0 Å². The van der Waals surface area contributed by atoms with Gasteiger partial charge >= 0.3 is 13.5 Å². The third-order valence-electron chi connectivity index (χ3n) is 7.19. The number of hydrogen-bond donors (Lipinski definition) is 3. The van der Waals surface area contributed by atoms with Gasteiger partial charge in [-0.3, -0.25) is 18.9 Å². The van der Waals surface area contributed by atoms with Crippen molar-refractivity contribution in [1.82, 2.24) is 9.55 Å². The lowest BCUT2D eigenvalue weighted by Crippen LogP contribution is -2.44. The fraction of sp³-hybridized carbons (Fsp3) is 0.852. The summed E-state index contributed by atoms with van der Waals surface area (Å²) >= 11 is 0. The SMILES string of the molecule is CCCCCCCC(CCCCCC)OC1C(C(CCC)OP(=O)(O)O)OC(n2ccc(=O)[nH]c2=O)C1OC. The molecule has 1 aliphatic rings. The molecule has 2 rings (SSSR count). The van der Waals surface area contributed by atoms with Gasteiger partial charge < -0.3 is 24.0 Å². The van der Waals surface area contributed by atoms with Gasteiger partial charge in [0.1, 0.15) is 18.3 Å². The Hall–Kier alpha value is -1.33. The van der Waals surface area contributed by atoms with Crippen LogP contribution in [-0.4, -0.2) is 57.0 Å². The number of methoxy groups -OCH3 is 1. The first kappa shape index (κ1) is 33.9. The zero-order valence-corrected chi connectivity index (χ0v) is 24.9. The molecular formula is C27H49N2O9P. The molecule has 39 heavy (non-hydrogen) atoms. The van der Waals surface area contributed by atoms with Crippen molar-refractivity contribution in [3.63, 3.8) is 0 Å². The van der Waals surface area contributed by atoms with Crippen LogP contribution in [0.4, 0.5) is 0 Å². The molecule has 3 N–H and O–H groups in total. The number of phosphoric acid groups is 1. The molecule has 0 aromatic carbocycles. The van der Waals surface area contributed by atoms with Crippen molar-refractivity contribution in [2.45, 2.75) is 141 Å². The normalized spacial score (nSPS) is 23.2. The number of ether oxygens (including phenoxy) is 3. The summed E-state index contributed by atoms with van der Waals surface area (Å²) in [5.74, 6) is 0. The molecule has 11 nitrogen and oxygen atoms in total. The highest BCUT2D eigenvalue weighted by molar-refractivity contribution is 7.46. The van der Waals surface area contributed by atoms with E-state index >= 15 is 0 Å². The van der Waals surface area contributed by atoms with Crippen LogP contribution in [0.15, 0.2) is 21.9 Å². The molecule has 2 heterocycles. The van der Waals surface area contributed by atoms with Gasteiger partial charge in [0.05, 0.1) is 12.2 Å². The first-order chi connectivity index (χ1) is 18.6. The van der Waals surface area contributed by atoms with E-state index < -0.39 is 49.7 Å². The van der Waals surface area contributed by atoms with Crippen LogP contribution in [0, 0.1) is 0 Å². The molecule has 0 aliphatic carbocycles. The highest BCUT2D eigenvalue weighted by atomic mass is 31.2. The topological polar surface area (TPSA) is 149 Å². The molecule has 0 bridgehead atoms. The van der Waals surface area contributed by atoms with Gasteiger partial charge in [-0.15, -0.1) is 0 Å². The van der Waals surface area contributed by atoms with Gasteiger partial charge in [0.25, 0.3) is 5.56 Å². The van der Waals surface area contributed by atoms with Crippen molar-refractivity contribution in [3.05, 3.63) is 33.1 Å². The van der Waals surface area contributed by atoms with Crippen LogP contribution >= 0.6 is 7.82 Å². The molecule has 1 aliphatic heterocycles. The molecule has 1 saturated heterocycles. The number of unbranched alkanes of at least 4 members (excludes halogenated alkanes) is 7. The summed E-state index contributed by atoms with van der Waals surface area (Å²) in [6.45, 7) is 6.23. The zero-order chi connectivity index (χ0) is 28.8. The minimum absolute atomic E-state index is 0.111. The summed E-state index contributed by atoms with van der Waals surface area (Å²) in [6, 6.07) is 1.21. The first-order valence-electron chi connectivity index (χ1n) is 14.5. The van der Waals surface area contributed by atoms with Crippen LogP contribution in [0.3, 0.4) is 0 Å². The molecule has 6 atom stereocenters.